The molecule has 0 saturated carbocycles. The van der Waals surface area contributed by atoms with Gasteiger partial charge in [0.25, 0.3) is 0 Å². The van der Waals surface area contributed by atoms with Crippen LogP contribution in [0.25, 0.3) is 0 Å². The SMILES string of the molecule is CCCCCCCCCCCCCCCCCCCCCC(=O)OCCOCC[N+](CC)(CC)CC=N. The average molecular weight is 526 g/mol. The van der Waals surface area contributed by atoms with Crippen molar-refractivity contribution in [3.8, 4) is 0 Å². The molecule has 1 N–H and O–H groups in total. The van der Waals surface area contributed by atoms with E-state index in [0.29, 0.717) is 26.2 Å². The Morgan fingerprint density at radius 3 is 1.46 bits per heavy atom. The summed E-state index contributed by atoms with van der Waals surface area (Å²) in [4.78, 5) is 11.9. The fourth-order valence-electron chi connectivity index (χ4n) is 5.08. The molecule has 220 valence electrons. The van der Waals surface area contributed by atoms with Crippen molar-refractivity contribution < 1.29 is 18.8 Å². The molecule has 0 aromatic rings. The second-order valence-electron chi connectivity index (χ2n) is 11.0. The van der Waals surface area contributed by atoms with Crippen molar-refractivity contribution in [2.45, 2.75) is 149 Å². The van der Waals surface area contributed by atoms with Crippen LogP contribution in [0.4, 0.5) is 0 Å². The molecular formula is C32H65N2O3+. The predicted octanol–water partition coefficient (Wildman–Crippen LogP) is 8.87. The van der Waals surface area contributed by atoms with E-state index in [2.05, 4.69) is 20.8 Å². The molecule has 0 heterocycles. The highest BCUT2D eigenvalue weighted by Crippen LogP contribution is 2.15. The molecule has 0 radical (unpaired) electrons. The van der Waals surface area contributed by atoms with Crippen LogP contribution in [0.3, 0.4) is 0 Å². The summed E-state index contributed by atoms with van der Waals surface area (Å²) in [6.07, 6.45) is 27.9. The number of hydrogen-bond donors (Lipinski definition) is 1. The quantitative estimate of drug-likeness (QED) is 0.0441. The lowest BCUT2D eigenvalue weighted by Crippen LogP contribution is -2.50. The first-order valence-electron chi connectivity index (χ1n) is 16.2. The number of rotatable bonds is 30. The smallest absolute Gasteiger partial charge is 0.305 e. The Labute approximate surface area is 231 Å². The summed E-state index contributed by atoms with van der Waals surface area (Å²) in [5, 5.41) is 7.39. The number of nitrogens with zero attached hydrogens (tertiary/aromatic N) is 1. The number of esters is 1. The van der Waals surface area contributed by atoms with Gasteiger partial charge in [-0.1, -0.05) is 122 Å². The molecular weight excluding hydrogens is 460 g/mol. The van der Waals surface area contributed by atoms with Gasteiger partial charge in [0.2, 0.25) is 0 Å². The zero-order valence-electron chi connectivity index (χ0n) is 25.3. The lowest BCUT2D eigenvalue weighted by molar-refractivity contribution is -0.916. The van der Waals surface area contributed by atoms with Gasteiger partial charge in [0.1, 0.15) is 19.7 Å². The standard InChI is InChI=1S/C32H65N2O3/c1-4-7-8-9-10-11-12-13-14-15-16-17-18-19-20-21-22-23-24-25-32(35)37-31-30-36-29-28-34(5-2,6-3)27-26-33/h26,33H,4-25,27-31H2,1-3H3/q+1. The Kier molecular flexibility index (Phi) is 27.4. The summed E-state index contributed by atoms with van der Waals surface area (Å²) >= 11 is 0. The summed E-state index contributed by atoms with van der Waals surface area (Å²) < 4.78 is 11.9. The van der Waals surface area contributed by atoms with E-state index in [0.717, 1.165) is 43.5 Å². The number of quaternary nitrogens is 1. The van der Waals surface area contributed by atoms with Gasteiger partial charge in [-0.25, -0.2) is 0 Å². The molecule has 5 nitrogen and oxygen atoms in total. The fraction of sp³-hybridized carbons (Fsp3) is 0.938. The first-order valence-corrected chi connectivity index (χ1v) is 16.2. The maximum atomic E-state index is 11.9. The van der Waals surface area contributed by atoms with Crippen LogP contribution in [0.1, 0.15) is 149 Å². The minimum atomic E-state index is -0.0911. The van der Waals surface area contributed by atoms with Gasteiger partial charge in [0.05, 0.1) is 26.3 Å². The minimum Gasteiger partial charge on any atom is -0.463 e. The normalized spacial score (nSPS) is 11.6. The zero-order valence-corrected chi connectivity index (χ0v) is 25.3. The van der Waals surface area contributed by atoms with Gasteiger partial charge in [-0.05, 0) is 20.3 Å². The number of unbranched alkanes of at least 4 members (excludes halogenated alkanes) is 18. The summed E-state index contributed by atoms with van der Waals surface area (Å²) in [6, 6.07) is 0. The van der Waals surface area contributed by atoms with Crippen LogP contribution in [-0.2, 0) is 14.3 Å². The van der Waals surface area contributed by atoms with Gasteiger partial charge in [-0.2, -0.15) is 0 Å². The molecule has 5 heteroatoms. The number of ether oxygens (including phenoxy) is 2. The molecule has 0 aromatic heterocycles. The number of carbonyl (C=O) groups excluding carboxylic acids is 1. The van der Waals surface area contributed by atoms with Crippen LogP contribution >= 0.6 is 0 Å². The minimum absolute atomic E-state index is 0.0911. The highest BCUT2D eigenvalue weighted by molar-refractivity contribution is 5.69. The summed E-state index contributed by atoms with van der Waals surface area (Å²) in [5.41, 5.74) is 0. The Balaban J connectivity index is 3.32. The summed E-state index contributed by atoms with van der Waals surface area (Å²) in [7, 11) is 0. The maximum absolute atomic E-state index is 11.9. The van der Waals surface area contributed by atoms with E-state index >= 15 is 0 Å². The fourth-order valence-corrected chi connectivity index (χ4v) is 5.08. The van der Waals surface area contributed by atoms with Crippen LogP contribution < -0.4 is 0 Å². The Bertz CT molecular complexity index is 494. The third kappa shape index (κ3) is 23.9. The number of hydrogen-bond acceptors (Lipinski definition) is 4. The maximum Gasteiger partial charge on any atom is 0.305 e. The average Bonchev–Trinajstić information content (AvgIpc) is 2.91. The molecule has 0 bridgehead atoms. The predicted molar refractivity (Wildman–Crippen MR) is 160 cm³/mol. The van der Waals surface area contributed by atoms with Crippen molar-refractivity contribution in [3.63, 3.8) is 0 Å². The van der Waals surface area contributed by atoms with E-state index in [1.807, 2.05) is 0 Å². The van der Waals surface area contributed by atoms with E-state index in [9.17, 15) is 4.79 Å². The largest absolute Gasteiger partial charge is 0.463 e. The molecule has 0 fully saturated rings. The van der Waals surface area contributed by atoms with Crippen molar-refractivity contribution in [2.24, 2.45) is 0 Å². The summed E-state index contributed by atoms with van der Waals surface area (Å²) in [5.74, 6) is -0.0911. The van der Waals surface area contributed by atoms with E-state index in [1.165, 1.54) is 115 Å². The molecule has 0 atom stereocenters. The zero-order chi connectivity index (χ0) is 27.3. The van der Waals surface area contributed by atoms with Crippen molar-refractivity contribution in [1.29, 1.82) is 5.41 Å². The highest BCUT2D eigenvalue weighted by Gasteiger charge is 2.21. The first-order chi connectivity index (χ1) is 18.1. The van der Waals surface area contributed by atoms with Crippen LogP contribution in [0.2, 0.25) is 0 Å². The van der Waals surface area contributed by atoms with Crippen molar-refractivity contribution in [1.82, 2.24) is 0 Å². The monoisotopic (exact) mass is 525 g/mol. The van der Waals surface area contributed by atoms with E-state index < -0.39 is 0 Å². The van der Waals surface area contributed by atoms with Crippen molar-refractivity contribution in [3.05, 3.63) is 0 Å². The third-order valence-electron chi connectivity index (χ3n) is 8.01. The molecule has 37 heavy (non-hydrogen) atoms. The second-order valence-corrected chi connectivity index (χ2v) is 11.0. The van der Waals surface area contributed by atoms with E-state index in [4.69, 9.17) is 14.9 Å². The lowest BCUT2D eigenvalue weighted by atomic mass is 10.0. The van der Waals surface area contributed by atoms with Crippen LogP contribution in [0.5, 0.6) is 0 Å². The van der Waals surface area contributed by atoms with Gasteiger partial charge in [-0.15, -0.1) is 0 Å². The Morgan fingerprint density at radius 2 is 1.05 bits per heavy atom. The molecule has 0 amide bonds. The Hall–Kier alpha value is -0.940. The van der Waals surface area contributed by atoms with Crippen molar-refractivity contribution in [2.75, 3.05) is 46.0 Å². The topological polar surface area (TPSA) is 59.4 Å². The summed E-state index contributed by atoms with van der Waals surface area (Å²) in [6.45, 7) is 11.7. The number of carbonyl (C=O) groups is 1. The first kappa shape index (κ1) is 36.1. The molecule has 0 spiro atoms. The third-order valence-corrected chi connectivity index (χ3v) is 8.01. The number of likely N-dealkylation sites (N-methyl/N-ethyl adjacent to an activating group) is 1. The molecule has 0 aliphatic rings. The van der Waals surface area contributed by atoms with Gasteiger partial charge >= 0.3 is 5.97 Å². The molecule has 0 aliphatic carbocycles. The number of nitrogens with one attached hydrogen (secondary N) is 1. The molecule has 0 unspecified atom stereocenters. The van der Waals surface area contributed by atoms with Crippen LogP contribution in [0, 0.1) is 5.41 Å². The molecule has 0 aliphatic heterocycles. The van der Waals surface area contributed by atoms with Gasteiger partial charge in [0, 0.05) is 12.6 Å². The van der Waals surface area contributed by atoms with Gasteiger partial charge in [-0.3, -0.25) is 4.79 Å². The van der Waals surface area contributed by atoms with Crippen LogP contribution in [-0.4, -0.2) is 62.7 Å². The molecule has 0 aromatic carbocycles. The highest BCUT2D eigenvalue weighted by atomic mass is 16.6. The van der Waals surface area contributed by atoms with Crippen LogP contribution in [0.15, 0.2) is 0 Å². The van der Waals surface area contributed by atoms with E-state index in [1.54, 1.807) is 0 Å². The van der Waals surface area contributed by atoms with Crippen molar-refractivity contribution >= 4 is 12.2 Å². The molecule has 0 saturated heterocycles. The second kappa shape index (κ2) is 28.1. The van der Waals surface area contributed by atoms with E-state index in [-0.39, 0.29) is 5.97 Å². The van der Waals surface area contributed by atoms with Gasteiger partial charge in [0.15, 0.2) is 0 Å². The van der Waals surface area contributed by atoms with Gasteiger partial charge < -0.3 is 19.4 Å². The Morgan fingerprint density at radius 1 is 0.622 bits per heavy atom. The molecule has 0 rings (SSSR count). The lowest BCUT2D eigenvalue weighted by Gasteiger charge is -2.35.